The second-order valence-corrected chi connectivity index (χ2v) is 9.75. The van der Waals surface area contributed by atoms with Crippen LogP contribution in [0.1, 0.15) is 5.56 Å². The van der Waals surface area contributed by atoms with E-state index in [9.17, 15) is 4.79 Å². The van der Waals surface area contributed by atoms with Crippen LogP contribution in [0.25, 0.3) is 10.2 Å². The molecule has 1 N–H and O–H groups in total. The molecular weight excluding hydrogens is 436 g/mol. The number of fused-ring (bicyclic) bond motifs is 1. The fraction of sp³-hybridized carbons (Fsp3) is 0.364. The van der Waals surface area contributed by atoms with Crippen molar-refractivity contribution in [3.05, 3.63) is 53.1 Å². The normalized spacial score (nSPS) is 14.9. The molecule has 158 valence electrons. The Labute approximate surface area is 190 Å². The number of aryl methyl sites for hydroxylation is 1. The monoisotopic (exact) mass is 460 g/mol. The second kappa shape index (κ2) is 10.0. The van der Waals surface area contributed by atoms with E-state index in [1.807, 2.05) is 42.5 Å². The van der Waals surface area contributed by atoms with Gasteiger partial charge < -0.3 is 10.2 Å². The Morgan fingerprint density at radius 1 is 1.17 bits per heavy atom. The van der Waals surface area contributed by atoms with Gasteiger partial charge in [0.2, 0.25) is 5.91 Å². The van der Waals surface area contributed by atoms with E-state index in [1.165, 1.54) is 0 Å². The third-order valence-corrected chi connectivity index (χ3v) is 7.78. The molecule has 0 radical (unpaired) electrons. The fourth-order valence-corrected chi connectivity index (χ4v) is 5.58. The topological polar surface area (TPSA) is 48.5 Å². The first-order valence-corrected chi connectivity index (χ1v) is 12.3. The average Bonchev–Trinajstić information content (AvgIpc) is 3.23. The van der Waals surface area contributed by atoms with Crippen molar-refractivity contribution in [3.63, 3.8) is 0 Å². The number of hydrogen-bond acceptors (Lipinski definition) is 6. The Balaban J connectivity index is 1.20. The molecule has 0 unspecified atom stereocenters. The SMILES string of the molecule is Cc1ccc(Cl)c2sc(N3CCN(CCNC(=O)CSc4ccccc4)CC3)nc12. The van der Waals surface area contributed by atoms with E-state index in [0.717, 1.165) is 63.6 Å². The van der Waals surface area contributed by atoms with Gasteiger partial charge in [-0.05, 0) is 30.7 Å². The van der Waals surface area contributed by atoms with Crippen LogP contribution >= 0.6 is 34.7 Å². The molecule has 1 fully saturated rings. The summed E-state index contributed by atoms with van der Waals surface area (Å²) in [6.45, 7) is 7.45. The van der Waals surface area contributed by atoms with Crippen molar-refractivity contribution in [3.8, 4) is 0 Å². The molecular formula is C22H25ClN4OS2. The van der Waals surface area contributed by atoms with Crippen molar-refractivity contribution in [1.82, 2.24) is 15.2 Å². The molecule has 1 amide bonds. The highest BCUT2D eigenvalue weighted by molar-refractivity contribution is 8.00. The Bertz CT molecular complexity index is 964. The molecule has 0 spiro atoms. The van der Waals surface area contributed by atoms with Crippen LogP contribution in [0, 0.1) is 6.92 Å². The Hall–Kier alpha value is -1.80. The average molecular weight is 461 g/mol. The summed E-state index contributed by atoms with van der Waals surface area (Å²) < 4.78 is 1.07. The zero-order valence-electron chi connectivity index (χ0n) is 16.9. The smallest absolute Gasteiger partial charge is 0.230 e. The minimum absolute atomic E-state index is 0.0872. The second-order valence-electron chi connectivity index (χ2n) is 7.32. The summed E-state index contributed by atoms with van der Waals surface area (Å²) in [6.07, 6.45) is 0. The number of nitrogens with one attached hydrogen (secondary N) is 1. The predicted molar refractivity (Wildman–Crippen MR) is 128 cm³/mol. The first-order valence-electron chi connectivity index (χ1n) is 10.1. The van der Waals surface area contributed by atoms with E-state index < -0.39 is 0 Å². The molecule has 1 saturated heterocycles. The predicted octanol–water partition coefficient (Wildman–Crippen LogP) is 4.29. The minimum atomic E-state index is 0.0872. The summed E-state index contributed by atoms with van der Waals surface area (Å²) in [4.78, 5) is 22.7. The fourth-order valence-electron chi connectivity index (χ4n) is 3.46. The number of thioether (sulfide) groups is 1. The summed E-state index contributed by atoms with van der Waals surface area (Å²) in [5.74, 6) is 0.543. The zero-order chi connectivity index (χ0) is 20.9. The van der Waals surface area contributed by atoms with Crippen molar-refractivity contribution >= 4 is 56.0 Å². The van der Waals surface area contributed by atoms with Gasteiger partial charge in [-0.3, -0.25) is 9.69 Å². The van der Waals surface area contributed by atoms with Crippen LogP contribution in [-0.4, -0.2) is 60.8 Å². The summed E-state index contributed by atoms with van der Waals surface area (Å²) in [5.41, 5.74) is 2.18. The lowest BCUT2D eigenvalue weighted by Gasteiger charge is -2.34. The van der Waals surface area contributed by atoms with Crippen molar-refractivity contribution in [2.24, 2.45) is 0 Å². The lowest BCUT2D eigenvalue weighted by atomic mass is 10.2. The van der Waals surface area contributed by atoms with Crippen LogP contribution < -0.4 is 10.2 Å². The first-order chi connectivity index (χ1) is 14.6. The molecule has 0 saturated carbocycles. The maximum absolute atomic E-state index is 12.1. The van der Waals surface area contributed by atoms with Crippen LogP contribution in [0.5, 0.6) is 0 Å². The molecule has 2 heterocycles. The summed E-state index contributed by atoms with van der Waals surface area (Å²) in [5, 5.41) is 4.86. The maximum atomic E-state index is 12.1. The molecule has 30 heavy (non-hydrogen) atoms. The van der Waals surface area contributed by atoms with E-state index in [0.29, 0.717) is 12.3 Å². The molecule has 1 aliphatic rings. The van der Waals surface area contributed by atoms with Gasteiger partial charge in [0, 0.05) is 44.2 Å². The molecule has 0 bridgehead atoms. The van der Waals surface area contributed by atoms with E-state index in [2.05, 4.69) is 22.0 Å². The van der Waals surface area contributed by atoms with Crippen molar-refractivity contribution in [1.29, 1.82) is 0 Å². The van der Waals surface area contributed by atoms with Crippen molar-refractivity contribution in [2.75, 3.05) is 49.9 Å². The Morgan fingerprint density at radius 3 is 2.67 bits per heavy atom. The third kappa shape index (κ3) is 5.27. The van der Waals surface area contributed by atoms with Gasteiger partial charge in [-0.25, -0.2) is 4.98 Å². The summed E-state index contributed by atoms with van der Waals surface area (Å²) in [6, 6.07) is 14.0. The molecule has 0 atom stereocenters. The van der Waals surface area contributed by atoms with Gasteiger partial charge in [0.15, 0.2) is 5.13 Å². The van der Waals surface area contributed by atoms with Crippen LogP contribution in [0.2, 0.25) is 5.02 Å². The highest BCUT2D eigenvalue weighted by atomic mass is 35.5. The number of hydrogen-bond donors (Lipinski definition) is 1. The highest BCUT2D eigenvalue weighted by Gasteiger charge is 2.20. The molecule has 1 aromatic heterocycles. The number of amides is 1. The van der Waals surface area contributed by atoms with E-state index >= 15 is 0 Å². The van der Waals surface area contributed by atoms with Gasteiger partial charge in [-0.15, -0.1) is 11.8 Å². The number of anilines is 1. The number of piperazine rings is 1. The number of thiazole rings is 1. The van der Waals surface area contributed by atoms with Crippen molar-refractivity contribution < 1.29 is 4.79 Å². The number of rotatable bonds is 7. The van der Waals surface area contributed by atoms with Gasteiger partial charge in [-0.1, -0.05) is 47.2 Å². The number of carbonyl (C=O) groups is 1. The van der Waals surface area contributed by atoms with Gasteiger partial charge in [0.1, 0.15) is 0 Å². The van der Waals surface area contributed by atoms with Crippen LogP contribution in [-0.2, 0) is 4.79 Å². The largest absolute Gasteiger partial charge is 0.354 e. The molecule has 4 rings (SSSR count). The summed E-state index contributed by atoms with van der Waals surface area (Å²) in [7, 11) is 0. The van der Waals surface area contributed by atoms with Gasteiger partial charge in [0.25, 0.3) is 0 Å². The van der Waals surface area contributed by atoms with Crippen LogP contribution in [0.15, 0.2) is 47.4 Å². The Morgan fingerprint density at radius 2 is 1.93 bits per heavy atom. The standard InChI is InChI=1S/C22H25ClN4OS2/c1-16-7-8-18(23)21-20(16)25-22(30-21)27-13-11-26(12-14-27)10-9-24-19(28)15-29-17-5-3-2-4-6-17/h2-8H,9-15H2,1H3,(H,24,28). The number of halogens is 1. The Kier molecular flexibility index (Phi) is 7.15. The van der Waals surface area contributed by atoms with E-state index in [1.54, 1.807) is 23.1 Å². The molecule has 8 heteroatoms. The molecule has 3 aromatic rings. The molecule has 5 nitrogen and oxygen atoms in total. The lowest BCUT2D eigenvalue weighted by Crippen LogP contribution is -2.48. The quantitative estimate of drug-likeness (QED) is 0.533. The van der Waals surface area contributed by atoms with E-state index in [-0.39, 0.29) is 5.91 Å². The minimum Gasteiger partial charge on any atom is -0.354 e. The summed E-state index contributed by atoms with van der Waals surface area (Å²) >= 11 is 9.60. The number of carbonyl (C=O) groups excluding carboxylic acids is 1. The number of aromatic nitrogens is 1. The first kappa shape index (κ1) is 21.4. The van der Waals surface area contributed by atoms with Crippen LogP contribution in [0.3, 0.4) is 0 Å². The van der Waals surface area contributed by atoms with Crippen LogP contribution in [0.4, 0.5) is 5.13 Å². The third-order valence-electron chi connectivity index (χ3n) is 5.19. The van der Waals surface area contributed by atoms with E-state index in [4.69, 9.17) is 16.6 Å². The lowest BCUT2D eigenvalue weighted by molar-refractivity contribution is -0.118. The highest BCUT2D eigenvalue weighted by Crippen LogP contribution is 2.35. The van der Waals surface area contributed by atoms with Crippen molar-refractivity contribution in [2.45, 2.75) is 11.8 Å². The number of nitrogens with zero attached hydrogens (tertiary/aromatic N) is 3. The van der Waals surface area contributed by atoms with Gasteiger partial charge in [0.05, 0.1) is 21.0 Å². The van der Waals surface area contributed by atoms with Gasteiger partial charge >= 0.3 is 0 Å². The zero-order valence-corrected chi connectivity index (χ0v) is 19.3. The molecule has 2 aromatic carbocycles. The maximum Gasteiger partial charge on any atom is 0.230 e. The molecule has 1 aliphatic heterocycles. The number of benzene rings is 2. The van der Waals surface area contributed by atoms with Gasteiger partial charge in [-0.2, -0.15) is 0 Å². The molecule has 0 aliphatic carbocycles.